The molecule has 0 aliphatic heterocycles. The standard InChI is InChI=1S/C12H11BrS/c13-8-12-4-2-1-3-11(12)7-10-5-6-14-9-10/h1-6,9H,7-8H2. The van der Waals surface area contributed by atoms with Gasteiger partial charge >= 0.3 is 0 Å². The average molecular weight is 267 g/mol. The minimum absolute atomic E-state index is 0.938. The lowest BCUT2D eigenvalue weighted by molar-refractivity contribution is 1.16. The summed E-state index contributed by atoms with van der Waals surface area (Å²) in [6.45, 7) is 0. The Morgan fingerprint density at radius 3 is 2.50 bits per heavy atom. The van der Waals surface area contributed by atoms with Gasteiger partial charge in [0.25, 0.3) is 0 Å². The van der Waals surface area contributed by atoms with E-state index >= 15 is 0 Å². The van der Waals surface area contributed by atoms with Gasteiger partial charge in [-0.15, -0.1) is 0 Å². The Bertz CT molecular complexity index is 392. The largest absolute Gasteiger partial charge is 0.152 e. The molecule has 72 valence electrons. The van der Waals surface area contributed by atoms with Crippen LogP contribution in [0.1, 0.15) is 16.7 Å². The number of hydrogen-bond acceptors (Lipinski definition) is 1. The molecule has 0 radical (unpaired) electrons. The van der Waals surface area contributed by atoms with Crippen LogP contribution in [-0.4, -0.2) is 0 Å². The molecule has 1 aromatic heterocycles. The lowest BCUT2D eigenvalue weighted by Gasteiger charge is -2.04. The van der Waals surface area contributed by atoms with E-state index in [2.05, 4.69) is 57.0 Å². The Labute approximate surface area is 96.7 Å². The van der Waals surface area contributed by atoms with Crippen LogP contribution in [0.4, 0.5) is 0 Å². The van der Waals surface area contributed by atoms with E-state index in [1.54, 1.807) is 11.3 Å². The van der Waals surface area contributed by atoms with Crippen LogP contribution in [0.2, 0.25) is 0 Å². The van der Waals surface area contributed by atoms with Crippen LogP contribution in [0.5, 0.6) is 0 Å². The van der Waals surface area contributed by atoms with Gasteiger partial charge in [-0.2, -0.15) is 11.3 Å². The van der Waals surface area contributed by atoms with Crippen molar-refractivity contribution in [1.29, 1.82) is 0 Å². The molecule has 2 aromatic rings. The molecule has 0 N–H and O–H groups in total. The second-order valence-electron chi connectivity index (χ2n) is 3.21. The Morgan fingerprint density at radius 1 is 1.07 bits per heavy atom. The first-order valence-corrected chi connectivity index (χ1v) is 6.60. The van der Waals surface area contributed by atoms with Gasteiger partial charge in [0, 0.05) is 5.33 Å². The van der Waals surface area contributed by atoms with Gasteiger partial charge in [-0.3, -0.25) is 0 Å². The molecule has 0 bridgehead atoms. The summed E-state index contributed by atoms with van der Waals surface area (Å²) < 4.78 is 0. The number of thiophene rings is 1. The Hall–Kier alpha value is -0.600. The molecule has 0 atom stereocenters. The normalized spacial score (nSPS) is 10.4. The molecule has 0 spiro atoms. The molecule has 14 heavy (non-hydrogen) atoms. The predicted molar refractivity (Wildman–Crippen MR) is 66.2 cm³/mol. The van der Waals surface area contributed by atoms with Crippen LogP contribution in [0.15, 0.2) is 41.1 Å². The topological polar surface area (TPSA) is 0 Å². The predicted octanol–water partition coefficient (Wildman–Crippen LogP) is 4.23. The SMILES string of the molecule is BrCc1ccccc1Cc1ccsc1. The van der Waals surface area contributed by atoms with Gasteiger partial charge < -0.3 is 0 Å². The maximum atomic E-state index is 3.52. The average Bonchev–Trinajstić information content (AvgIpc) is 2.71. The van der Waals surface area contributed by atoms with Crippen molar-refractivity contribution in [2.24, 2.45) is 0 Å². The smallest absolute Gasteiger partial charge is 0.0285 e. The van der Waals surface area contributed by atoms with E-state index < -0.39 is 0 Å². The van der Waals surface area contributed by atoms with Crippen LogP contribution in [-0.2, 0) is 11.8 Å². The van der Waals surface area contributed by atoms with Gasteiger partial charge in [0.15, 0.2) is 0 Å². The Balaban J connectivity index is 2.24. The minimum Gasteiger partial charge on any atom is -0.152 e. The summed E-state index contributed by atoms with van der Waals surface area (Å²) in [5.41, 5.74) is 4.21. The molecule has 0 saturated heterocycles. The molecular formula is C12H11BrS. The van der Waals surface area contributed by atoms with Crippen molar-refractivity contribution in [2.45, 2.75) is 11.8 Å². The Kier molecular flexibility index (Phi) is 3.38. The highest BCUT2D eigenvalue weighted by Crippen LogP contribution is 2.18. The fourth-order valence-corrected chi connectivity index (χ4v) is 2.69. The first kappa shape index (κ1) is 9.94. The summed E-state index contributed by atoms with van der Waals surface area (Å²) in [5, 5.41) is 5.28. The number of alkyl halides is 1. The summed E-state index contributed by atoms with van der Waals surface area (Å²) >= 11 is 5.28. The van der Waals surface area contributed by atoms with E-state index in [-0.39, 0.29) is 0 Å². The third-order valence-corrected chi connectivity index (χ3v) is 3.57. The van der Waals surface area contributed by atoms with Gasteiger partial charge in [0.1, 0.15) is 0 Å². The van der Waals surface area contributed by atoms with E-state index in [4.69, 9.17) is 0 Å². The molecule has 2 heteroatoms. The zero-order chi connectivity index (χ0) is 9.80. The van der Waals surface area contributed by atoms with Crippen molar-refractivity contribution in [1.82, 2.24) is 0 Å². The molecule has 1 heterocycles. The molecule has 1 aromatic carbocycles. The Morgan fingerprint density at radius 2 is 1.86 bits per heavy atom. The van der Waals surface area contributed by atoms with E-state index in [1.165, 1.54) is 16.7 Å². The zero-order valence-electron chi connectivity index (χ0n) is 7.74. The molecule has 0 nitrogen and oxygen atoms in total. The summed E-state index contributed by atoms with van der Waals surface area (Å²) in [6, 6.07) is 10.8. The summed E-state index contributed by atoms with van der Waals surface area (Å²) in [5.74, 6) is 0. The van der Waals surface area contributed by atoms with Crippen LogP contribution < -0.4 is 0 Å². The molecule has 2 rings (SSSR count). The fraction of sp³-hybridized carbons (Fsp3) is 0.167. The highest BCUT2D eigenvalue weighted by Gasteiger charge is 2.01. The number of halogens is 1. The maximum absolute atomic E-state index is 3.52. The van der Waals surface area contributed by atoms with Gasteiger partial charge in [-0.25, -0.2) is 0 Å². The summed E-state index contributed by atoms with van der Waals surface area (Å²) in [4.78, 5) is 0. The quantitative estimate of drug-likeness (QED) is 0.730. The van der Waals surface area contributed by atoms with Crippen LogP contribution in [0.25, 0.3) is 0 Å². The van der Waals surface area contributed by atoms with Crippen molar-refractivity contribution >= 4 is 27.3 Å². The highest BCUT2D eigenvalue weighted by molar-refractivity contribution is 9.08. The van der Waals surface area contributed by atoms with E-state index in [0.717, 1.165) is 11.8 Å². The fourth-order valence-electron chi connectivity index (χ4n) is 1.47. The van der Waals surface area contributed by atoms with Crippen molar-refractivity contribution < 1.29 is 0 Å². The third-order valence-electron chi connectivity index (χ3n) is 2.24. The third kappa shape index (κ3) is 2.25. The van der Waals surface area contributed by atoms with Crippen molar-refractivity contribution in [2.75, 3.05) is 0 Å². The van der Waals surface area contributed by atoms with Crippen LogP contribution >= 0.6 is 27.3 Å². The summed E-state index contributed by atoms with van der Waals surface area (Å²) in [6.07, 6.45) is 1.05. The number of benzene rings is 1. The number of rotatable bonds is 3. The lowest BCUT2D eigenvalue weighted by atomic mass is 10.0. The van der Waals surface area contributed by atoms with Gasteiger partial charge in [0.05, 0.1) is 0 Å². The molecule has 0 aliphatic rings. The first-order chi connectivity index (χ1) is 6.90. The van der Waals surface area contributed by atoms with E-state index in [1.807, 2.05) is 0 Å². The molecular weight excluding hydrogens is 256 g/mol. The molecule has 0 aliphatic carbocycles. The van der Waals surface area contributed by atoms with Crippen molar-refractivity contribution in [3.05, 3.63) is 57.8 Å². The van der Waals surface area contributed by atoms with Gasteiger partial charge in [0.2, 0.25) is 0 Å². The van der Waals surface area contributed by atoms with Crippen molar-refractivity contribution in [3.8, 4) is 0 Å². The van der Waals surface area contributed by atoms with Gasteiger partial charge in [-0.05, 0) is 39.9 Å². The second-order valence-corrected chi connectivity index (χ2v) is 4.55. The van der Waals surface area contributed by atoms with Crippen LogP contribution in [0.3, 0.4) is 0 Å². The monoisotopic (exact) mass is 266 g/mol. The first-order valence-electron chi connectivity index (χ1n) is 4.54. The molecule has 0 fully saturated rings. The minimum atomic E-state index is 0.938. The number of hydrogen-bond donors (Lipinski definition) is 0. The van der Waals surface area contributed by atoms with Crippen LogP contribution in [0, 0.1) is 0 Å². The van der Waals surface area contributed by atoms with E-state index in [0.29, 0.717) is 0 Å². The van der Waals surface area contributed by atoms with Gasteiger partial charge in [-0.1, -0.05) is 40.2 Å². The van der Waals surface area contributed by atoms with E-state index in [9.17, 15) is 0 Å². The zero-order valence-corrected chi connectivity index (χ0v) is 10.1. The summed E-state index contributed by atoms with van der Waals surface area (Å²) in [7, 11) is 0. The highest BCUT2D eigenvalue weighted by atomic mass is 79.9. The second kappa shape index (κ2) is 4.76. The molecule has 0 amide bonds. The molecule has 0 unspecified atom stereocenters. The van der Waals surface area contributed by atoms with Crippen molar-refractivity contribution in [3.63, 3.8) is 0 Å². The maximum Gasteiger partial charge on any atom is 0.0285 e. The lowest BCUT2D eigenvalue weighted by Crippen LogP contribution is -1.91. The molecule has 0 saturated carbocycles.